The molecule has 0 saturated carbocycles. The van der Waals surface area contributed by atoms with Crippen LogP contribution in [0.2, 0.25) is 5.82 Å². The molecule has 0 spiro atoms. The van der Waals surface area contributed by atoms with Crippen LogP contribution in [0.3, 0.4) is 0 Å². The van der Waals surface area contributed by atoms with E-state index < -0.39 is 0 Å². The van der Waals surface area contributed by atoms with E-state index in [1.807, 2.05) is 0 Å². The zero-order chi connectivity index (χ0) is 15.4. The normalized spacial score (nSPS) is 29.3. The second-order valence-electron chi connectivity index (χ2n) is 6.65. The van der Waals surface area contributed by atoms with E-state index in [0.29, 0.717) is 17.7 Å². The lowest BCUT2D eigenvalue weighted by molar-refractivity contribution is 0.645. The standard InChI is InChI=1S/C18H16B2Cl2/c19-9-1-3-11-13-7-18(22)16-6-10(20)2-4-12(16)14(13)8-17(21)15(11)5-9/h1-5,7-8,10,13-14H,6,19-20H2. The molecule has 0 aromatic heterocycles. The van der Waals surface area contributed by atoms with E-state index in [-0.39, 0.29) is 0 Å². The summed E-state index contributed by atoms with van der Waals surface area (Å²) in [6.07, 6.45) is 10.0. The molecule has 108 valence electrons. The van der Waals surface area contributed by atoms with Gasteiger partial charge in [0.2, 0.25) is 0 Å². The summed E-state index contributed by atoms with van der Waals surface area (Å²) in [7, 11) is 4.34. The van der Waals surface area contributed by atoms with Crippen LogP contribution in [0, 0.1) is 5.92 Å². The van der Waals surface area contributed by atoms with Crippen molar-refractivity contribution in [1.29, 1.82) is 0 Å². The summed E-state index contributed by atoms with van der Waals surface area (Å²) in [4.78, 5) is 0. The van der Waals surface area contributed by atoms with Gasteiger partial charge >= 0.3 is 0 Å². The van der Waals surface area contributed by atoms with Crippen LogP contribution in [0.5, 0.6) is 0 Å². The van der Waals surface area contributed by atoms with E-state index in [1.54, 1.807) is 0 Å². The molecular formula is C18H16B2Cl2. The van der Waals surface area contributed by atoms with Crippen molar-refractivity contribution in [3.05, 3.63) is 69.8 Å². The average molecular weight is 325 g/mol. The maximum atomic E-state index is 6.63. The topological polar surface area (TPSA) is 0 Å². The Kier molecular flexibility index (Phi) is 3.43. The van der Waals surface area contributed by atoms with Crippen molar-refractivity contribution in [2.45, 2.75) is 18.2 Å². The van der Waals surface area contributed by atoms with E-state index >= 15 is 0 Å². The van der Waals surface area contributed by atoms with Crippen molar-refractivity contribution in [3.63, 3.8) is 0 Å². The van der Waals surface area contributed by atoms with Gasteiger partial charge in [-0.1, -0.05) is 71.2 Å². The molecule has 0 fully saturated rings. The summed E-state index contributed by atoms with van der Waals surface area (Å²) in [5.41, 5.74) is 6.33. The molecule has 22 heavy (non-hydrogen) atoms. The predicted octanol–water partition coefficient (Wildman–Crippen LogP) is 3.05. The monoisotopic (exact) mass is 324 g/mol. The van der Waals surface area contributed by atoms with Crippen molar-refractivity contribution in [1.82, 2.24) is 0 Å². The van der Waals surface area contributed by atoms with Crippen molar-refractivity contribution in [3.8, 4) is 0 Å². The second kappa shape index (κ2) is 5.22. The smallest absolute Gasteiger partial charge is 0.0888 e. The molecule has 4 rings (SSSR count). The first-order valence-electron chi connectivity index (χ1n) is 7.82. The van der Waals surface area contributed by atoms with E-state index in [0.717, 1.165) is 22.0 Å². The van der Waals surface area contributed by atoms with Gasteiger partial charge in [-0.05, 0) is 34.5 Å². The molecule has 3 aliphatic carbocycles. The van der Waals surface area contributed by atoms with Gasteiger partial charge in [0.25, 0.3) is 0 Å². The maximum Gasteiger partial charge on any atom is 0.139 e. The molecule has 0 bridgehead atoms. The molecule has 0 nitrogen and oxygen atoms in total. The second-order valence-corrected chi connectivity index (χ2v) is 7.46. The van der Waals surface area contributed by atoms with E-state index in [4.69, 9.17) is 23.2 Å². The fraction of sp³-hybridized carbons (Fsp3) is 0.222. The lowest BCUT2D eigenvalue weighted by Gasteiger charge is -2.37. The molecule has 4 heteroatoms. The van der Waals surface area contributed by atoms with Crippen molar-refractivity contribution >= 4 is 49.4 Å². The van der Waals surface area contributed by atoms with Gasteiger partial charge in [0.1, 0.15) is 15.7 Å². The molecule has 0 radical (unpaired) electrons. The first-order chi connectivity index (χ1) is 10.5. The van der Waals surface area contributed by atoms with Crippen LogP contribution in [-0.2, 0) is 0 Å². The van der Waals surface area contributed by atoms with Crippen LogP contribution < -0.4 is 5.46 Å². The number of allylic oxidation sites excluding steroid dienone is 7. The Morgan fingerprint density at radius 2 is 1.82 bits per heavy atom. The number of halogens is 2. The van der Waals surface area contributed by atoms with Crippen LogP contribution >= 0.6 is 23.2 Å². The van der Waals surface area contributed by atoms with E-state index in [1.165, 1.54) is 22.2 Å². The summed E-state index contributed by atoms with van der Waals surface area (Å²) in [5.74, 6) is 1.15. The van der Waals surface area contributed by atoms with Crippen LogP contribution in [0.4, 0.5) is 0 Å². The molecule has 3 aliphatic rings. The number of hydrogen-bond donors (Lipinski definition) is 0. The van der Waals surface area contributed by atoms with Crippen molar-refractivity contribution < 1.29 is 0 Å². The Morgan fingerprint density at radius 3 is 2.64 bits per heavy atom. The predicted molar refractivity (Wildman–Crippen MR) is 102 cm³/mol. The first kappa shape index (κ1) is 14.5. The number of hydrogen-bond acceptors (Lipinski definition) is 0. The highest BCUT2D eigenvalue weighted by molar-refractivity contribution is 6.49. The minimum atomic E-state index is 0.294. The largest absolute Gasteiger partial charge is 0.139 e. The number of fused-ring (bicyclic) bond motifs is 4. The van der Waals surface area contributed by atoms with Gasteiger partial charge < -0.3 is 0 Å². The molecule has 3 unspecified atom stereocenters. The van der Waals surface area contributed by atoms with E-state index in [9.17, 15) is 0 Å². The molecule has 0 amide bonds. The van der Waals surface area contributed by atoms with Gasteiger partial charge in [0, 0.05) is 21.9 Å². The lowest BCUT2D eigenvalue weighted by atomic mass is 9.66. The van der Waals surface area contributed by atoms with Gasteiger partial charge in [0.15, 0.2) is 0 Å². The van der Waals surface area contributed by atoms with Crippen molar-refractivity contribution in [2.75, 3.05) is 0 Å². The third-order valence-corrected chi connectivity index (χ3v) is 5.67. The zero-order valence-electron chi connectivity index (χ0n) is 12.7. The molecular weight excluding hydrogens is 309 g/mol. The van der Waals surface area contributed by atoms with Gasteiger partial charge in [-0.2, -0.15) is 0 Å². The molecule has 1 aromatic carbocycles. The summed E-state index contributed by atoms with van der Waals surface area (Å²) in [6.45, 7) is 0. The Hall–Kier alpha value is -1.11. The summed E-state index contributed by atoms with van der Waals surface area (Å²) in [6, 6.07) is 6.55. The van der Waals surface area contributed by atoms with Gasteiger partial charge in [-0.25, -0.2) is 0 Å². The highest BCUT2D eigenvalue weighted by Crippen LogP contribution is 2.51. The zero-order valence-corrected chi connectivity index (χ0v) is 14.2. The fourth-order valence-electron chi connectivity index (χ4n) is 3.87. The SMILES string of the molecule is Bc1ccc2c(c1)C(Cl)=CC1C3=C(CC(B)C=C3)C(Cl)=CC21. The summed E-state index contributed by atoms with van der Waals surface area (Å²) in [5, 5.41) is 1.79. The lowest BCUT2D eigenvalue weighted by Crippen LogP contribution is -2.23. The molecule has 0 saturated heterocycles. The Labute approximate surface area is 143 Å². The molecule has 0 N–H and O–H groups in total. The summed E-state index contributed by atoms with van der Waals surface area (Å²) < 4.78 is 0. The Bertz CT molecular complexity index is 786. The van der Waals surface area contributed by atoms with Crippen LogP contribution in [0.15, 0.2) is 58.7 Å². The van der Waals surface area contributed by atoms with Gasteiger partial charge in [0.05, 0.1) is 0 Å². The minimum Gasteiger partial charge on any atom is -0.0888 e. The number of rotatable bonds is 0. The Balaban J connectivity index is 1.89. The molecule has 3 atom stereocenters. The quantitative estimate of drug-likeness (QED) is 0.643. The average Bonchev–Trinajstić information content (AvgIpc) is 2.49. The number of benzene rings is 1. The fourth-order valence-corrected chi connectivity index (χ4v) is 4.49. The molecule has 0 aliphatic heterocycles. The van der Waals surface area contributed by atoms with Crippen LogP contribution in [0.25, 0.3) is 5.03 Å². The Morgan fingerprint density at radius 1 is 1.05 bits per heavy atom. The van der Waals surface area contributed by atoms with Crippen LogP contribution in [0.1, 0.15) is 23.5 Å². The molecule has 1 aromatic rings. The van der Waals surface area contributed by atoms with Crippen molar-refractivity contribution in [2.24, 2.45) is 5.92 Å². The third-order valence-electron chi connectivity index (χ3n) is 4.99. The van der Waals surface area contributed by atoms with Gasteiger partial charge in [-0.3, -0.25) is 0 Å². The van der Waals surface area contributed by atoms with Gasteiger partial charge in [-0.15, -0.1) is 0 Å². The van der Waals surface area contributed by atoms with Crippen LogP contribution in [-0.4, -0.2) is 15.7 Å². The third kappa shape index (κ3) is 2.16. The highest BCUT2D eigenvalue weighted by Gasteiger charge is 2.35. The highest BCUT2D eigenvalue weighted by atomic mass is 35.5. The first-order valence-corrected chi connectivity index (χ1v) is 8.57. The maximum absolute atomic E-state index is 6.63. The minimum absolute atomic E-state index is 0.294. The summed E-state index contributed by atoms with van der Waals surface area (Å²) >= 11 is 13.2. The van der Waals surface area contributed by atoms with E-state index in [2.05, 4.69) is 58.2 Å². The molecule has 0 heterocycles.